The molecule has 5 heteroatoms. The van der Waals surface area contributed by atoms with Crippen LogP contribution in [0.3, 0.4) is 0 Å². The van der Waals surface area contributed by atoms with E-state index in [4.69, 9.17) is 0 Å². The predicted octanol–water partition coefficient (Wildman–Crippen LogP) is 2.32. The molecule has 0 aliphatic heterocycles. The van der Waals surface area contributed by atoms with Gasteiger partial charge in [0.2, 0.25) is 0 Å². The lowest BCUT2D eigenvalue weighted by Crippen LogP contribution is -2.21. The van der Waals surface area contributed by atoms with E-state index in [1.54, 1.807) is 6.33 Å². The largest absolute Gasteiger partial charge is 0.340 e. The topological polar surface area (TPSA) is 47.7 Å². The van der Waals surface area contributed by atoms with E-state index in [0.29, 0.717) is 6.04 Å². The van der Waals surface area contributed by atoms with Crippen molar-refractivity contribution in [2.45, 2.75) is 33.0 Å². The Labute approximate surface area is 124 Å². The van der Waals surface area contributed by atoms with Crippen LogP contribution in [0.1, 0.15) is 25.2 Å². The molecule has 0 fully saturated rings. The molecule has 0 unspecified atom stereocenters. The molecule has 110 valence electrons. The molecule has 0 amide bonds. The lowest BCUT2D eigenvalue weighted by molar-refractivity contribution is 0.589. The minimum Gasteiger partial charge on any atom is -0.340 e. The lowest BCUT2D eigenvalue weighted by atomic mass is 10.1. The smallest absolute Gasteiger partial charge is 0.146 e. The van der Waals surface area contributed by atoms with Crippen LogP contribution in [0.25, 0.3) is 10.9 Å². The SMILES string of the molecule is CC(C)NCc1ccc2ccn(Cc3ncnn3C)c2c1. The first-order chi connectivity index (χ1) is 10.1. The molecule has 2 aromatic heterocycles. The van der Waals surface area contributed by atoms with Crippen molar-refractivity contribution in [1.29, 1.82) is 0 Å². The summed E-state index contributed by atoms with van der Waals surface area (Å²) in [5, 5.41) is 8.84. The number of nitrogens with one attached hydrogen (secondary N) is 1. The molecule has 5 nitrogen and oxygen atoms in total. The average Bonchev–Trinajstić information content (AvgIpc) is 3.04. The molecule has 0 aliphatic carbocycles. The summed E-state index contributed by atoms with van der Waals surface area (Å²) in [5.74, 6) is 0.957. The molecular weight excluding hydrogens is 262 g/mol. The fourth-order valence-electron chi connectivity index (χ4n) is 2.41. The van der Waals surface area contributed by atoms with Crippen molar-refractivity contribution < 1.29 is 0 Å². The number of aromatic nitrogens is 4. The minimum absolute atomic E-state index is 0.492. The molecule has 1 N–H and O–H groups in total. The second kappa shape index (κ2) is 5.69. The van der Waals surface area contributed by atoms with Crippen LogP contribution >= 0.6 is 0 Å². The molecule has 2 heterocycles. The second-order valence-corrected chi connectivity index (χ2v) is 5.67. The highest BCUT2D eigenvalue weighted by molar-refractivity contribution is 5.80. The van der Waals surface area contributed by atoms with Crippen molar-refractivity contribution in [3.63, 3.8) is 0 Å². The monoisotopic (exact) mass is 283 g/mol. The Kier molecular flexibility index (Phi) is 3.75. The van der Waals surface area contributed by atoms with Crippen LogP contribution in [0.4, 0.5) is 0 Å². The Hall–Kier alpha value is -2.14. The molecule has 3 rings (SSSR count). The molecule has 0 atom stereocenters. The maximum Gasteiger partial charge on any atom is 0.146 e. The first kappa shape index (κ1) is 13.8. The van der Waals surface area contributed by atoms with Crippen LogP contribution in [-0.4, -0.2) is 25.4 Å². The van der Waals surface area contributed by atoms with E-state index in [-0.39, 0.29) is 0 Å². The van der Waals surface area contributed by atoms with Crippen LogP contribution in [0.2, 0.25) is 0 Å². The third-order valence-corrected chi connectivity index (χ3v) is 3.67. The normalized spacial score (nSPS) is 11.6. The standard InChI is InChI=1S/C16H21N5/c1-12(2)17-9-13-4-5-14-6-7-21(15(14)8-13)10-16-18-11-19-20(16)3/h4-8,11-12,17H,9-10H2,1-3H3. The highest BCUT2D eigenvalue weighted by atomic mass is 15.3. The van der Waals surface area contributed by atoms with Crippen molar-refractivity contribution in [2.75, 3.05) is 0 Å². The maximum atomic E-state index is 4.30. The van der Waals surface area contributed by atoms with Crippen molar-refractivity contribution in [3.8, 4) is 0 Å². The molecule has 0 spiro atoms. The number of rotatable bonds is 5. The number of hydrogen-bond donors (Lipinski definition) is 1. The van der Waals surface area contributed by atoms with Crippen LogP contribution in [0.5, 0.6) is 0 Å². The fraction of sp³-hybridized carbons (Fsp3) is 0.375. The lowest BCUT2D eigenvalue weighted by Gasteiger charge is -2.09. The Morgan fingerprint density at radius 3 is 2.81 bits per heavy atom. The quantitative estimate of drug-likeness (QED) is 0.781. The summed E-state index contributed by atoms with van der Waals surface area (Å²) in [4.78, 5) is 4.30. The third kappa shape index (κ3) is 2.97. The number of nitrogens with zero attached hydrogens (tertiary/aromatic N) is 4. The molecule has 21 heavy (non-hydrogen) atoms. The van der Waals surface area contributed by atoms with Crippen LogP contribution < -0.4 is 5.32 Å². The van der Waals surface area contributed by atoms with Gasteiger partial charge in [-0.15, -0.1) is 0 Å². The van der Waals surface area contributed by atoms with E-state index in [9.17, 15) is 0 Å². The first-order valence-corrected chi connectivity index (χ1v) is 7.27. The molecule has 0 bridgehead atoms. The van der Waals surface area contributed by atoms with Gasteiger partial charge in [-0.1, -0.05) is 26.0 Å². The van der Waals surface area contributed by atoms with Crippen LogP contribution in [0, 0.1) is 0 Å². The van der Waals surface area contributed by atoms with Gasteiger partial charge in [0.05, 0.1) is 6.54 Å². The highest BCUT2D eigenvalue weighted by Gasteiger charge is 2.06. The Morgan fingerprint density at radius 2 is 2.10 bits per heavy atom. The van der Waals surface area contributed by atoms with Gasteiger partial charge in [-0.2, -0.15) is 5.10 Å². The molecule has 0 radical (unpaired) electrons. The number of fused-ring (bicyclic) bond motifs is 1. The minimum atomic E-state index is 0.492. The first-order valence-electron chi connectivity index (χ1n) is 7.27. The van der Waals surface area contributed by atoms with Crippen molar-refractivity contribution >= 4 is 10.9 Å². The fourth-order valence-corrected chi connectivity index (χ4v) is 2.41. The Morgan fingerprint density at radius 1 is 1.24 bits per heavy atom. The summed E-state index contributed by atoms with van der Waals surface area (Å²) in [7, 11) is 1.92. The average molecular weight is 283 g/mol. The van der Waals surface area contributed by atoms with Crippen molar-refractivity contribution in [2.24, 2.45) is 7.05 Å². The summed E-state index contributed by atoms with van der Waals surface area (Å²) < 4.78 is 4.04. The Balaban J connectivity index is 1.89. The maximum absolute atomic E-state index is 4.30. The molecule has 0 saturated heterocycles. The van der Waals surface area contributed by atoms with Gasteiger partial charge in [0, 0.05) is 31.3 Å². The summed E-state index contributed by atoms with van der Waals surface area (Å²) in [5.41, 5.74) is 2.54. The van der Waals surface area contributed by atoms with Gasteiger partial charge < -0.3 is 9.88 Å². The van der Waals surface area contributed by atoms with Crippen LogP contribution in [-0.2, 0) is 20.1 Å². The zero-order valence-electron chi connectivity index (χ0n) is 12.7. The van der Waals surface area contributed by atoms with E-state index in [2.05, 4.69) is 64.3 Å². The molecule has 3 aromatic rings. The van der Waals surface area contributed by atoms with Gasteiger partial charge in [0.25, 0.3) is 0 Å². The predicted molar refractivity (Wildman–Crippen MR) is 84.0 cm³/mol. The van der Waals surface area contributed by atoms with Crippen LogP contribution in [0.15, 0.2) is 36.8 Å². The highest BCUT2D eigenvalue weighted by Crippen LogP contribution is 2.18. The zero-order valence-corrected chi connectivity index (χ0v) is 12.7. The van der Waals surface area contributed by atoms with Gasteiger partial charge >= 0.3 is 0 Å². The molecule has 0 saturated carbocycles. The summed E-state index contributed by atoms with van der Waals surface area (Å²) in [6.45, 7) is 5.95. The zero-order chi connectivity index (χ0) is 14.8. The molecule has 0 aliphatic rings. The van der Waals surface area contributed by atoms with Gasteiger partial charge in [0.1, 0.15) is 12.2 Å². The number of hydrogen-bond acceptors (Lipinski definition) is 3. The summed E-state index contributed by atoms with van der Waals surface area (Å²) in [6.07, 6.45) is 3.71. The number of aryl methyl sites for hydroxylation is 1. The van der Waals surface area contributed by atoms with Crippen molar-refractivity contribution in [3.05, 3.63) is 48.2 Å². The molecular formula is C16H21N5. The van der Waals surface area contributed by atoms with E-state index in [1.165, 1.54) is 16.5 Å². The summed E-state index contributed by atoms with van der Waals surface area (Å²) in [6, 6.07) is 9.25. The van der Waals surface area contributed by atoms with E-state index < -0.39 is 0 Å². The van der Waals surface area contributed by atoms with Gasteiger partial charge in [0.15, 0.2) is 0 Å². The van der Waals surface area contributed by atoms with Crippen molar-refractivity contribution in [1.82, 2.24) is 24.6 Å². The van der Waals surface area contributed by atoms with E-state index in [0.717, 1.165) is 18.9 Å². The van der Waals surface area contributed by atoms with E-state index >= 15 is 0 Å². The Bertz CT molecular complexity index is 738. The second-order valence-electron chi connectivity index (χ2n) is 5.67. The summed E-state index contributed by atoms with van der Waals surface area (Å²) >= 11 is 0. The van der Waals surface area contributed by atoms with Gasteiger partial charge in [-0.25, -0.2) is 4.98 Å². The number of benzene rings is 1. The van der Waals surface area contributed by atoms with E-state index in [1.807, 2.05) is 11.7 Å². The van der Waals surface area contributed by atoms with Gasteiger partial charge in [-0.3, -0.25) is 4.68 Å². The van der Waals surface area contributed by atoms with Gasteiger partial charge in [-0.05, 0) is 23.1 Å². The molecule has 1 aromatic carbocycles. The third-order valence-electron chi connectivity index (χ3n) is 3.67.